The summed E-state index contributed by atoms with van der Waals surface area (Å²) < 4.78 is 0. The highest BCUT2D eigenvalue weighted by atomic mass is 31.1. The highest BCUT2D eigenvalue weighted by Crippen LogP contribution is 2.66. The van der Waals surface area contributed by atoms with Crippen molar-refractivity contribution in [2.24, 2.45) is 0 Å². The van der Waals surface area contributed by atoms with E-state index in [1.54, 1.807) is 0 Å². The maximum Gasteiger partial charge on any atom is -0.0170 e. The van der Waals surface area contributed by atoms with E-state index in [0.717, 1.165) is 0 Å². The minimum atomic E-state index is 0.0162. The van der Waals surface area contributed by atoms with Crippen molar-refractivity contribution in [3.8, 4) is 0 Å². The second-order valence-corrected chi connectivity index (χ2v) is 13.6. The summed E-state index contributed by atoms with van der Waals surface area (Å²) in [6, 6.07) is 8.36. The van der Waals surface area contributed by atoms with Crippen LogP contribution in [0.4, 0.5) is 0 Å². The van der Waals surface area contributed by atoms with Gasteiger partial charge in [-0.3, -0.25) is 0 Å². The average molecular weight is 308 g/mol. The van der Waals surface area contributed by atoms with Crippen LogP contribution in [-0.2, 0) is 0 Å². The Kier molecular flexibility index (Phi) is 7.15. The van der Waals surface area contributed by atoms with E-state index in [2.05, 4.69) is 100 Å². The molecule has 122 valence electrons. The predicted octanol–water partition coefficient (Wildman–Crippen LogP) is 7.17. The molecule has 0 unspecified atom stereocenters. The topological polar surface area (TPSA) is 0 Å². The van der Waals surface area contributed by atoms with E-state index in [-0.39, 0.29) is 7.92 Å². The van der Waals surface area contributed by atoms with Crippen LogP contribution in [0.25, 0.3) is 0 Å². The second-order valence-electron chi connectivity index (χ2n) is 8.93. The number of hydrogen-bond donors (Lipinski definition) is 0. The molecule has 0 saturated carbocycles. The van der Waals surface area contributed by atoms with Gasteiger partial charge in [0.25, 0.3) is 0 Å². The third kappa shape index (κ3) is 7.46. The van der Waals surface area contributed by atoms with E-state index in [1.165, 1.54) is 11.1 Å². The molecule has 0 saturated heterocycles. The zero-order valence-corrected chi connectivity index (χ0v) is 17.2. The van der Waals surface area contributed by atoms with Gasteiger partial charge in [0.1, 0.15) is 0 Å². The van der Waals surface area contributed by atoms with Crippen molar-refractivity contribution in [3.05, 3.63) is 35.4 Å². The zero-order chi connectivity index (χ0) is 17.1. The Morgan fingerprint density at radius 1 is 0.571 bits per heavy atom. The first-order chi connectivity index (χ1) is 9.17. The lowest BCUT2D eigenvalue weighted by atomic mass is 10.1. The van der Waals surface area contributed by atoms with E-state index in [1.807, 2.05) is 0 Å². The summed E-state index contributed by atoms with van der Waals surface area (Å²) in [5.41, 5.74) is 2.74. The molecule has 0 atom stereocenters. The highest BCUT2D eigenvalue weighted by Gasteiger charge is 2.41. The van der Waals surface area contributed by atoms with Gasteiger partial charge in [-0.05, 0) is 40.4 Å². The molecular formula is C20H37P. The van der Waals surface area contributed by atoms with Crippen molar-refractivity contribution in [2.75, 3.05) is 0 Å². The molecule has 1 aromatic rings. The molecule has 0 nitrogen and oxygen atoms in total. The van der Waals surface area contributed by atoms with Gasteiger partial charge in [0.2, 0.25) is 0 Å². The molecule has 0 amide bonds. The Morgan fingerprint density at radius 3 is 0.905 bits per heavy atom. The van der Waals surface area contributed by atoms with E-state index < -0.39 is 0 Å². The molecule has 0 N–H and O–H groups in total. The Labute approximate surface area is 135 Å². The van der Waals surface area contributed by atoms with Crippen molar-refractivity contribution in [1.29, 1.82) is 0 Å². The maximum absolute atomic E-state index is 2.38. The van der Waals surface area contributed by atoms with Crippen LogP contribution in [0.5, 0.6) is 0 Å². The third-order valence-corrected chi connectivity index (χ3v) is 7.46. The van der Waals surface area contributed by atoms with Crippen molar-refractivity contribution >= 4 is 7.92 Å². The minimum absolute atomic E-state index is 0.0162. The number of aryl methyl sites for hydroxylation is 2. The van der Waals surface area contributed by atoms with Gasteiger partial charge in [-0.25, -0.2) is 0 Å². The summed E-state index contributed by atoms with van der Waals surface area (Å²) >= 11 is 0. The molecule has 0 aliphatic heterocycles. The summed E-state index contributed by atoms with van der Waals surface area (Å²) in [4.78, 5) is 0. The minimum Gasteiger partial charge on any atom is -0.0901 e. The van der Waals surface area contributed by atoms with E-state index in [0.29, 0.717) is 15.5 Å². The molecule has 0 aliphatic rings. The molecule has 0 fully saturated rings. The van der Waals surface area contributed by atoms with E-state index in [4.69, 9.17) is 0 Å². The van der Waals surface area contributed by atoms with Gasteiger partial charge >= 0.3 is 0 Å². The zero-order valence-electron chi connectivity index (χ0n) is 16.3. The molecule has 0 spiro atoms. The molecule has 0 aliphatic carbocycles. The quantitative estimate of drug-likeness (QED) is 0.446. The highest BCUT2D eigenvalue weighted by molar-refractivity contribution is 7.62. The largest absolute Gasteiger partial charge is 0.0901 e. The second kappa shape index (κ2) is 7.28. The lowest BCUT2D eigenvalue weighted by Crippen LogP contribution is -2.34. The first-order valence-corrected chi connectivity index (χ1v) is 9.34. The molecule has 21 heavy (non-hydrogen) atoms. The van der Waals surface area contributed by atoms with Gasteiger partial charge in [-0.1, -0.05) is 94.5 Å². The SMILES string of the molecule is CC(C)(C)P(C(C)(C)C)C(C)(C)C.Cc1ccccc1C. The molecule has 0 aromatic heterocycles. The van der Waals surface area contributed by atoms with E-state index in [9.17, 15) is 0 Å². The van der Waals surface area contributed by atoms with Gasteiger partial charge in [-0.2, -0.15) is 0 Å². The predicted molar refractivity (Wildman–Crippen MR) is 102 cm³/mol. The van der Waals surface area contributed by atoms with Crippen LogP contribution in [0, 0.1) is 13.8 Å². The summed E-state index contributed by atoms with van der Waals surface area (Å²) in [6.45, 7) is 25.7. The molecule has 1 heteroatoms. The fourth-order valence-electron chi connectivity index (χ4n) is 3.68. The monoisotopic (exact) mass is 308 g/mol. The first kappa shape index (κ1) is 20.6. The normalized spacial score (nSPS) is 13.0. The summed E-state index contributed by atoms with van der Waals surface area (Å²) in [6.07, 6.45) is 0. The molecule has 0 radical (unpaired) electrons. The third-order valence-electron chi connectivity index (χ3n) is 3.44. The first-order valence-electron chi connectivity index (χ1n) is 8.00. The van der Waals surface area contributed by atoms with Gasteiger partial charge in [0.15, 0.2) is 0 Å². The fourth-order valence-corrected chi connectivity index (χ4v) is 9.72. The molecule has 1 rings (SSSR count). The lowest BCUT2D eigenvalue weighted by molar-refractivity contribution is 0.644. The average Bonchev–Trinajstić information content (AvgIpc) is 2.16. The Balaban J connectivity index is 0.000000423. The van der Waals surface area contributed by atoms with Crippen LogP contribution < -0.4 is 0 Å². The van der Waals surface area contributed by atoms with Gasteiger partial charge in [-0.15, -0.1) is 0 Å². The van der Waals surface area contributed by atoms with Crippen molar-refractivity contribution < 1.29 is 0 Å². The van der Waals surface area contributed by atoms with Gasteiger partial charge in [0.05, 0.1) is 0 Å². The Bertz CT molecular complexity index is 370. The van der Waals surface area contributed by atoms with Crippen LogP contribution >= 0.6 is 7.92 Å². The van der Waals surface area contributed by atoms with Crippen LogP contribution in [-0.4, -0.2) is 15.5 Å². The summed E-state index contributed by atoms with van der Waals surface area (Å²) in [7, 11) is 0.0162. The lowest BCUT2D eigenvalue weighted by Gasteiger charge is -2.49. The van der Waals surface area contributed by atoms with Crippen LogP contribution in [0.1, 0.15) is 73.4 Å². The van der Waals surface area contributed by atoms with Crippen molar-refractivity contribution in [1.82, 2.24) is 0 Å². The van der Waals surface area contributed by atoms with Crippen molar-refractivity contribution in [2.45, 2.75) is 91.6 Å². The molecule has 0 heterocycles. The summed E-state index contributed by atoms with van der Waals surface area (Å²) in [5.74, 6) is 0. The Morgan fingerprint density at radius 2 is 0.810 bits per heavy atom. The molecule has 0 bridgehead atoms. The number of rotatable bonds is 0. The van der Waals surface area contributed by atoms with Crippen LogP contribution in [0.2, 0.25) is 0 Å². The van der Waals surface area contributed by atoms with Gasteiger partial charge < -0.3 is 0 Å². The van der Waals surface area contributed by atoms with Crippen molar-refractivity contribution in [3.63, 3.8) is 0 Å². The van der Waals surface area contributed by atoms with Gasteiger partial charge in [0, 0.05) is 0 Å². The van der Waals surface area contributed by atoms with Crippen LogP contribution in [0.3, 0.4) is 0 Å². The standard InChI is InChI=1S/C12H27P.C8H10/c1-10(2,3)13(11(4,5)6)12(7,8)9;1-7-5-3-4-6-8(7)2/h1-9H3;3-6H,1-2H3. The smallest absolute Gasteiger partial charge is 0.0170 e. The molecule has 1 aromatic carbocycles. The maximum atomic E-state index is 2.38. The van der Waals surface area contributed by atoms with Crippen LogP contribution in [0.15, 0.2) is 24.3 Å². The van der Waals surface area contributed by atoms with E-state index >= 15 is 0 Å². The molecular weight excluding hydrogens is 271 g/mol. The number of benzene rings is 1. The Hall–Kier alpha value is -0.350. The summed E-state index contributed by atoms with van der Waals surface area (Å²) in [5, 5.41) is 1.35. The fraction of sp³-hybridized carbons (Fsp3) is 0.700. The number of hydrogen-bond acceptors (Lipinski definition) is 0.